The zero-order valence-corrected chi connectivity index (χ0v) is 22.8. The van der Waals surface area contributed by atoms with Crippen molar-refractivity contribution in [3.8, 4) is 11.3 Å². The van der Waals surface area contributed by atoms with Crippen LogP contribution in [-0.2, 0) is 13.5 Å². The smallest absolute Gasteiger partial charge is 0.224 e. The van der Waals surface area contributed by atoms with E-state index in [2.05, 4.69) is 92.8 Å². The molecule has 3 aromatic heterocycles. The first kappa shape index (κ1) is 23.5. The van der Waals surface area contributed by atoms with Gasteiger partial charge in [0.15, 0.2) is 11.9 Å². The topological polar surface area (TPSA) is 34.5 Å². The van der Waals surface area contributed by atoms with E-state index >= 15 is 0 Å². The summed E-state index contributed by atoms with van der Waals surface area (Å²) in [4.78, 5) is 3.60. The molecule has 7 rings (SSSR count). The van der Waals surface area contributed by atoms with Gasteiger partial charge in [-0.1, -0.05) is 32.0 Å². The quantitative estimate of drug-likeness (QED) is 0.176. The summed E-state index contributed by atoms with van der Waals surface area (Å²) in [7, 11) is 2.09. The monoisotopic (exact) mass is 509 g/mol. The maximum atomic E-state index is 7.44. The largest absolute Gasteiger partial charge is 0.456 e. The summed E-state index contributed by atoms with van der Waals surface area (Å²) < 4.78 is 15.2. The van der Waals surface area contributed by atoms with E-state index in [1.807, 2.05) is 18.2 Å². The van der Waals surface area contributed by atoms with E-state index in [9.17, 15) is 0 Å². The summed E-state index contributed by atoms with van der Waals surface area (Å²) in [6.07, 6.45) is 3.16. The van der Waals surface area contributed by atoms with Crippen LogP contribution in [0.1, 0.15) is 30.5 Å². The van der Waals surface area contributed by atoms with Crippen LogP contribution < -0.4 is 4.57 Å². The van der Waals surface area contributed by atoms with Crippen LogP contribution >= 0.6 is 0 Å². The molecule has 7 aromatic rings. The molecule has 0 aliphatic heterocycles. The van der Waals surface area contributed by atoms with Gasteiger partial charge in [0.1, 0.15) is 29.4 Å². The lowest BCUT2D eigenvalue weighted by Crippen LogP contribution is -2.30. The number of fused-ring (bicyclic) bond motifs is 8. The number of aryl methyl sites for hydroxylation is 2. The third-order valence-electron chi connectivity index (χ3n) is 8.09. The molecular formula is C35H29N2O2+. The molecule has 3 heterocycles. The molecule has 0 N–H and O–H groups in total. The molecule has 0 bridgehead atoms. The van der Waals surface area contributed by atoms with Crippen molar-refractivity contribution >= 4 is 60.3 Å². The highest BCUT2D eigenvalue weighted by Gasteiger charge is 2.26. The predicted octanol–water partition coefficient (Wildman–Crippen LogP) is 9.50. The van der Waals surface area contributed by atoms with E-state index in [-0.39, 0.29) is 0 Å². The van der Waals surface area contributed by atoms with Crippen LogP contribution in [0.2, 0.25) is 0 Å². The van der Waals surface area contributed by atoms with Crippen LogP contribution in [0.4, 0.5) is 5.69 Å². The fourth-order valence-corrected chi connectivity index (χ4v) is 6.12. The van der Waals surface area contributed by atoms with E-state index in [1.165, 1.54) is 22.1 Å². The molecule has 190 valence electrons. The van der Waals surface area contributed by atoms with E-state index in [1.54, 1.807) is 0 Å². The first-order valence-corrected chi connectivity index (χ1v) is 13.4. The Morgan fingerprint density at radius 1 is 0.769 bits per heavy atom. The molecule has 0 saturated carbocycles. The lowest BCUT2D eigenvalue weighted by Gasteiger charge is -2.11. The summed E-state index contributed by atoms with van der Waals surface area (Å²) in [5.74, 6) is 0.601. The van der Waals surface area contributed by atoms with Gasteiger partial charge in [-0.15, -0.1) is 0 Å². The van der Waals surface area contributed by atoms with Crippen molar-refractivity contribution in [2.75, 3.05) is 0 Å². The van der Waals surface area contributed by atoms with Crippen LogP contribution in [0.3, 0.4) is 0 Å². The molecule has 4 heteroatoms. The molecule has 0 fully saturated rings. The molecule has 0 spiro atoms. The summed E-state index contributed by atoms with van der Waals surface area (Å²) in [5.41, 5.74) is 9.89. The number of rotatable bonds is 3. The minimum absolute atomic E-state index is 0.580. The molecule has 0 radical (unpaired) electrons. The lowest BCUT2D eigenvalue weighted by molar-refractivity contribution is -0.659. The van der Waals surface area contributed by atoms with Crippen LogP contribution in [0.25, 0.3) is 70.8 Å². The summed E-state index contributed by atoms with van der Waals surface area (Å²) in [6, 6.07) is 21.1. The highest BCUT2D eigenvalue weighted by atomic mass is 16.3. The Morgan fingerprint density at radius 2 is 1.51 bits per heavy atom. The van der Waals surface area contributed by atoms with Gasteiger partial charge in [0.2, 0.25) is 5.69 Å². The Balaban J connectivity index is 1.56. The van der Waals surface area contributed by atoms with Gasteiger partial charge in [0, 0.05) is 33.0 Å². The van der Waals surface area contributed by atoms with Crippen molar-refractivity contribution in [2.24, 2.45) is 13.0 Å². The van der Waals surface area contributed by atoms with Gasteiger partial charge in [0.05, 0.1) is 17.5 Å². The van der Waals surface area contributed by atoms with Crippen LogP contribution in [-0.4, -0.2) is 0 Å². The second-order valence-corrected chi connectivity index (χ2v) is 11.2. The highest BCUT2D eigenvalue weighted by Crippen LogP contribution is 2.43. The summed E-state index contributed by atoms with van der Waals surface area (Å²) in [6.45, 7) is 16.3. The summed E-state index contributed by atoms with van der Waals surface area (Å²) in [5, 5.41) is 6.61. The Kier molecular flexibility index (Phi) is 5.09. The Bertz CT molecular complexity index is 2170. The number of furan rings is 2. The van der Waals surface area contributed by atoms with Gasteiger partial charge in [0.25, 0.3) is 0 Å². The van der Waals surface area contributed by atoms with Crippen LogP contribution in [0.5, 0.6) is 0 Å². The van der Waals surface area contributed by atoms with Gasteiger partial charge in [-0.25, -0.2) is 9.41 Å². The van der Waals surface area contributed by atoms with Crippen molar-refractivity contribution in [3.63, 3.8) is 0 Å². The average molecular weight is 510 g/mol. The third kappa shape index (κ3) is 3.47. The van der Waals surface area contributed by atoms with Crippen LogP contribution in [0.15, 0.2) is 75.7 Å². The van der Waals surface area contributed by atoms with Gasteiger partial charge in [-0.3, -0.25) is 0 Å². The predicted molar refractivity (Wildman–Crippen MR) is 159 cm³/mol. The number of aromatic nitrogens is 1. The number of benzene rings is 4. The molecule has 39 heavy (non-hydrogen) atoms. The number of pyridine rings is 1. The van der Waals surface area contributed by atoms with E-state index in [4.69, 9.17) is 15.4 Å². The van der Waals surface area contributed by atoms with Gasteiger partial charge < -0.3 is 8.83 Å². The summed E-state index contributed by atoms with van der Waals surface area (Å²) >= 11 is 0. The maximum Gasteiger partial charge on any atom is 0.224 e. The maximum absolute atomic E-state index is 7.44. The normalized spacial score (nSPS) is 12.0. The molecule has 0 amide bonds. The molecule has 0 unspecified atom stereocenters. The Morgan fingerprint density at radius 3 is 2.31 bits per heavy atom. The average Bonchev–Trinajstić information content (AvgIpc) is 3.47. The highest BCUT2D eigenvalue weighted by molar-refractivity contribution is 6.18. The fraction of sp³-hybridized carbons (Fsp3) is 0.200. The van der Waals surface area contributed by atoms with Crippen molar-refractivity contribution in [1.82, 2.24) is 0 Å². The zero-order valence-electron chi connectivity index (χ0n) is 22.8. The van der Waals surface area contributed by atoms with Gasteiger partial charge in [-0.2, -0.15) is 0 Å². The van der Waals surface area contributed by atoms with Gasteiger partial charge >= 0.3 is 0 Å². The number of hydrogen-bond donors (Lipinski definition) is 0. The second kappa shape index (κ2) is 8.44. The first-order valence-electron chi connectivity index (χ1n) is 13.4. The molecule has 0 saturated heterocycles. The van der Waals surface area contributed by atoms with E-state index in [0.717, 1.165) is 66.9 Å². The third-order valence-corrected chi connectivity index (χ3v) is 8.09. The molecule has 4 aromatic carbocycles. The number of hydrogen-bond acceptors (Lipinski definition) is 2. The van der Waals surface area contributed by atoms with Crippen LogP contribution in [0, 0.1) is 26.3 Å². The lowest BCUT2D eigenvalue weighted by atomic mass is 9.93. The van der Waals surface area contributed by atoms with Crippen molar-refractivity contribution in [3.05, 3.63) is 95.0 Å². The first-order chi connectivity index (χ1) is 18.8. The SMILES string of the molecule is [C-]#[N+]c1ccc2c(c1)oc1c(-c3c4ccc5c6cc(CC(C)C)ccc6oc5c4cc[n+]3C)c(C)c(C)cc12. The van der Waals surface area contributed by atoms with Crippen molar-refractivity contribution in [2.45, 2.75) is 34.1 Å². The Labute approximate surface area is 226 Å². The minimum Gasteiger partial charge on any atom is -0.456 e. The standard InChI is InChI=1S/C35H29N2O2/c1-19(2)15-22-7-12-30-28(17-22)26-11-10-25-27(34(26)38-30)13-14-37(6)33(25)32-21(4)20(3)16-29-24-9-8-23(36-5)18-31(24)39-35(29)32/h7-14,16-19H,15H2,1-4,6H3/q+1. The minimum atomic E-state index is 0.580. The molecule has 4 nitrogen and oxygen atoms in total. The molecule has 0 atom stereocenters. The fourth-order valence-electron chi connectivity index (χ4n) is 6.12. The molecule has 0 aliphatic rings. The molecular weight excluding hydrogens is 480 g/mol. The van der Waals surface area contributed by atoms with E-state index in [0.29, 0.717) is 11.6 Å². The molecule has 0 aliphatic carbocycles. The number of nitrogens with zero attached hydrogens (tertiary/aromatic N) is 2. The van der Waals surface area contributed by atoms with Crippen molar-refractivity contribution < 1.29 is 13.4 Å². The van der Waals surface area contributed by atoms with Crippen molar-refractivity contribution in [1.29, 1.82) is 0 Å². The van der Waals surface area contributed by atoms with E-state index < -0.39 is 0 Å². The Hall–Kier alpha value is -4.62. The zero-order chi connectivity index (χ0) is 27.0. The van der Waals surface area contributed by atoms with Gasteiger partial charge in [-0.05, 0) is 79.3 Å². The second-order valence-electron chi connectivity index (χ2n) is 11.2.